The molecule has 34 heavy (non-hydrogen) atoms. The van der Waals surface area contributed by atoms with Crippen molar-refractivity contribution in [2.24, 2.45) is 0 Å². The van der Waals surface area contributed by atoms with E-state index in [2.05, 4.69) is 15.5 Å². The highest BCUT2D eigenvalue weighted by molar-refractivity contribution is 5.93. The van der Waals surface area contributed by atoms with Crippen molar-refractivity contribution < 1.29 is 27.5 Å². The van der Waals surface area contributed by atoms with Crippen molar-refractivity contribution in [3.8, 4) is 0 Å². The number of para-hydroxylation sites is 1. The molecule has 1 aliphatic heterocycles. The van der Waals surface area contributed by atoms with E-state index >= 15 is 0 Å². The fourth-order valence-corrected chi connectivity index (χ4v) is 3.64. The van der Waals surface area contributed by atoms with Crippen molar-refractivity contribution in [2.45, 2.75) is 19.5 Å². The Kier molecular flexibility index (Phi) is 8.89. The molecule has 0 spiro atoms. The number of amides is 2. The third-order valence-electron chi connectivity index (χ3n) is 5.50. The van der Waals surface area contributed by atoms with Crippen LogP contribution in [-0.4, -0.2) is 62.7 Å². The molecule has 1 heterocycles. The first-order valence-corrected chi connectivity index (χ1v) is 11.2. The summed E-state index contributed by atoms with van der Waals surface area (Å²) in [7, 11) is 0. The molecule has 1 aliphatic rings. The van der Waals surface area contributed by atoms with Gasteiger partial charge in [-0.1, -0.05) is 19.1 Å². The van der Waals surface area contributed by atoms with Gasteiger partial charge in [-0.25, -0.2) is 0 Å². The van der Waals surface area contributed by atoms with Crippen molar-refractivity contribution in [3.63, 3.8) is 0 Å². The molecule has 1 fully saturated rings. The largest absolute Gasteiger partial charge is 0.418 e. The van der Waals surface area contributed by atoms with E-state index in [1.165, 1.54) is 18.2 Å². The third-order valence-corrected chi connectivity index (χ3v) is 5.50. The summed E-state index contributed by atoms with van der Waals surface area (Å²) in [5, 5.41) is 5.16. The zero-order chi connectivity index (χ0) is 24.6. The summed E-state index contributed by atoms with van der Waals surface area (Å²) >= 11 is 0. The number of alkyl halides is 3. The molecule has 0 atom stereocenters. The fourth-order valence-electron chi connectivity index (χ4n) is 3.64. The molecule has 0 aromatic heterocycles. The Morgan fingerprint density at radius 1 is 1.00 bits per heavy atom. The molecule has 2 N–H and O–H groups in total. The van der Waals surface area contributed by atoms with Crippen LogP contribution >= 0.6 is 0 Å². The minimum atomic E-state index is -4.56. The van der Waals surface area contributed by atoms with Crippen molar-refractivity contribution in [3.05, 3.63) is 54.1 Å². The van der Waals surface area contributed by atoms with Crippen LogP contribution in [0.5, 0.6) is 0 Å². The van der Waals surface area contributed by atoms with Crippen LogP contribution in [0.25, 0.3) is 0 Å². The van der Waals surface area contributed by atoms with Crippen LogP contribution in [0.15, 0.2) is 48.5 Å². The monoisotopic (exact) mass is 478 g/mol. The van der Waals surface area contributed by atoms with Gasteiger partial charge in [-0.05, 0) is 42.9 Å². The molecule has 184 valence electrons. The first kappa shape index (κ1) is 25.5. The van der Waals surface area contributed by atoms with Crippen molar-refractivity contribution in [1.29, 1.82) is 0 Å². The van der Waals surface area contributed by atoms with Crippen molar-refractivity contribution in [1.82, 2.24) is 4.90 Å². The van der Waals surface area contributed by atoms with Crippen molar-refractivity contribution >= 4 is 28.9 Å². The average molecular weight is 479 g/mol. The third kappa shape index (κ3) is 7.46. The Bertz CT molecular complexity index is 961. The number of nitrogens with one attached hydrogen (secondary N) is 2. The number of hydrogen-bond donors (Lipinski definition) is 2. The summed E-state index contributed by atoms with van der Waals surface area (Å²) in [6, 6.07) is 12.4. The molecule has 0 unspecified atom stereocenters. The molecule has 2 aromatic carbocycles. The molecule has 1 saturated heterocycles. The van der Waals surface area contributed by atoms with Gasteiger partial charge in [0.05, 0.1) is 31.0 Å². The second-order valence-electron chi connectivity index (χ2n) is 7.90. The number of likely N-dealkylation sites (N-methyl/N-ethyl adjacent to an activating group) is 1. The zero-order valence-electron chi connectivity index (χ0n) is 19.0. The number of nitrogens with zero attached hydrogens (tertiary/aromatic N) is 2. The number of ether oxygens (including phenoxy) is 1. The Hall–Kier alpha value is -3.11. The number of hydrogen-bond acceptors (Lipinski definition) is 5. The quantitative estimate of drug-likeness (QED) is 0.573. The van der Waals surface area contributed by atoms with Gasteiger partial charge < -0.3 is 20.3 Å². The summed E-state index contributed by atoms with van der Waals surface area (Å²) in [6.45, 7) is 5.50. The van der Waals surface area contributed by atoms with Gasteiger partial charge in [-0.15, -0.1) is 0 Å². The average Bonchev–Trinajstić information content (AvgIpc) is 2.82. The Balaban J connectivity index is 1.46. The van der Waals surface area contributed by atoms with Crippen LogP contribution in [0, 0.1) is 0 Å². The molecule has 0 radical (unpaired) electrons. The zero-order valence-corrected chi connectivity index (χ0v) is 19.0. The van der Waals surface area contributed by atoms with E-state index in [0.29, 0.717) is 32.0 Å². The SMILES string of the molecule is CCN(CCC(=O)Nc1ccc(N2CCOCC2)cc1)CC(=O)Nc1ccccc1C(F)(F)F. The maximum absolute atomic E-state index is 13.1. The minimum Gasteiger partial charge on any atom is -0.378 e. The van der Waals surface area contributed by atoms with Gasteiger partial charge >= 0.3 is 6.18 Å². The lowest BCUT2D eigenvalue weighted by Gasteiger charge is -2.28. The van der Waals surface area contributed by atoms with Crippen LogP contribution in [0.4, 0.5) is 30.2 Å². The lowest BCUT2D eigenvalue weighted by molar-refractivity contribution is -0.137. The molecule has 2 aromatic rings. The summed E-state index contributed by atoms with van der Waals surface area (Å²) in [6.07, 6.45) is -4.42. The number of halogens is 3. The van der Waals surface area contributed by atoms with E-state index in [4.69, 9.17) is 4.74 Å². The normalized spacial score (nSPS) is 14.2. The van der Waals surface area contributed by atoms with Gasteiger partial charge in [0.1, 0.15) is 0 Å². The van der Waals surface area contributed by atoms with Gasteiger partial charge in [0.2, 0.25) is 11.8 Å². The van der Waals surface area contributed by atoms with Gasteiger partial charge in [0, 0.05) is 37.4 Å². The topological polar surface area (TPSA) is 73.9 Å². The van der Waals surface area contributed by atoms with E-state index < -0.39 is 17.6 Å². The highest BCUT2D eigenvalue weighted by Gasteiger charge is 2.33. The second kappa shape index (κ2) is 11.8. The number of morpholine rings is 1. The van der Waals surface area contributed by atoms with Crippen LogP contribution in [-0.2, 0) is 20.5 Å². The number of carbonyl (C=O) groups excluding carboxylic acids is 2. The summed E-state index contributed by atoms with van der Waals surface area (Å²) < 4.78 is 44.7. The lowest BCUT2D eigenvalue weighted by atomic mass is 10.1. The van der Waals surface area contributed by atoms with Gasteiger partial charge in [-0.3, -0.25) is 14.5 Å². The first-order chi connectivity index (χ1) is 16.3. The first-order valence-electron chi connectivity index (χ1n) is 11.2. The Morgan fingerprint density at radius 2 is 1.68 bits per heavy atom. The van der Waals surface area contributed by atoms with Crippen LogP contribution in [0.3, 0.4) is 0 Å². The van der Waals surface area contributed by atoms with Crippen LogP contribution in [0.1, 0.15) is 18.9 Å². The van der Waals surface area contributed by atoms with E-state index in [9.17, 15) is 22.8 Å². The molecule has 0 bridgehead atoms. The number of rotatable bonds is 9. The molecule has 10 heteroatoms. The molecule has 3 rings (SSSR count). The van der Waals surface area contributed by atoms with Crippen LogP contribution in [0.2, 0.25) is 0 Å². The Morgan fingerprint density at radius 3 is 2.32 bits per heavy atom. The molecule has 0 saturated carbocycles. The van der Waals surface area contributed by atoms with E-state index in [1.807, 2.05) is 31.2 Å². The minimum absolute atomic E-state index is 0.121. The molecule has 2 amide bonds. The highest BCUT2D eigenvalue weighted by atomic mass is 19.4. The summed E-state index contributed by atoms with van der Waals surface area (Å²) in [5.74, 6) is -0.780. The number of carbonyl (C=O) groups is 2. The summed E-state index contributed by atoms with van der Waals surface area (Å²) in [5.41, 5.74) is 0.558. The lowest BCUT2D eigenvalue weighted by Crippen LogP contribution is -2.36. The van der Waals surface area contributed by atoms with Gasteiger partial charge in [-0.2, -0.15) is 13.2 Å². The van der Waals surface area contributed by atoms with E-state index in [0.717, 1.165) is 24.8 Å². The maximum atomic E-state index is 13.1. The second-order valence-corrected chi connectivity index (χ2v) is 7.90. The highest BCUT2D eigenvalue weighted by Crippen LogP contribution is 2.34. The molecule has 0 aliphatic carbocycles. The number of benzene rings is 2. The number of anilines is 3. The molecular weight excluding hydrogens is 449 g/mol. The van der Waals surface area contributed by atoms with Crippen molar-refractivity contribution in [2.75, 3.05) is 61.5 Å². The summed E-state index contributed by atoms with van der Waals surface area (Å²) in [4.78, 5) is 28.6. The fraction of sp³-hybridized carbons (Fsp3) is 0.417. The van der Waals surface area contributed by atoms with E-state index in [-0.39, 0.29) is 24.6 Å². The predicted molar refractivity (Wildman–Crippen MR) is 125 cm³/mol. The van der Waals surface area contributed by atoms with Gasteiger partial charge in [0.25, 0.3) is 0 Å². The maximum Gasteiger partial charge on any atom is 0.418 e. The standard InChI is InChI=1S/C24H29F3N4O3/c1-2-30(17-23(33)29-21-6-4-3-5-20(21)24(25,26)27)12-11-22(32)28-18-7-9-19(10-8-18)31-13-15-34-16-14-31/h3-10H,2,11-17H2,1H3,(H,28,32)(H,29,33). The molecular formula is C24H29F3N4O3. The van der Waals surface area contributed by atoms with E-state index in [1.54, 1.807) is 4.90 Å². The van der Waals surface area contributed by atoms with Crippen LogP contribution < -0.4 is 15.5 Å². The van der Waals surface area contributed by atoms with Gasteiger partial charge in [0.15, 0.2) is 0 Å². The smallest absolute Gasteiger partial charge is 0.378 e. The molecule has 7 nitrogen and oxygen atoms in total. The predicted octanol–water partition coefficient (Wildman–Crippen LogP) is 3.83. The Labute approximate surface area is 196 Å².